The Balaban J connectivity index is 2.09. The van der Waals surface area contributed by atoms with E-state index in [0.717, 1.165) is 10.4 Å². The Hall–Kier alpha value is -2.78. The van der Waals surface area contributed by atoms with Gasteiger partial charge in [-0.3, -0.25) is 0 Å². The van der Waals surface area contributed by atoms with Crippen molar-refractivity contribution in [3.05, 3.63) is 60.7 Å². The molecule has 2 aromatic carbocycles. The summed E-state index contributed by atoms with van der Waals surface area (Å²) in [5.74, 6) is -3.25. The molecule has 0 saturated carbocycles. The average molecular weight is 613 g/mol. The highest BCUT2D eigenvalue weighted by atomic mass is 28.4. The lowest BCUT2D eigenvalue weighted by Gasteiger charge is -2.52. The fourth-order valence-electron chi connectivity index (χ4n) is 5.55. The normalized spacial score (nSPS) is 25.4. The minimum absolute atomic E-state index is 0.100. The fraction of sp³-hybridized carbons (Fsp3) is 0.576. The maximum atomic E-state index is 12.8. The molecular formula is C33H48N2O7Si. The van der Waals surface area contributed by atoms with Gasteiger partial charge in [-0.05, 0) is 50.0 Å². The summed E-state index contributed by atoms with van der Waals surface area (Å²) in [4.78, 5) is 12.8. The zero-order valence-electron chi connectivity index (χ0n) is 27.2. The van der Waals surface area contributed by atoms with E-state index in [1.54, 1.807) is 34.6 Å². The Kier molecular flexibility index (Phi) is 10.9. The first-order valence-electron chi connectivity index (χ1n) is 14.6. The second kappa shape index (κ2) is 13.5. The summed E-state index contributed by atoms with van der Waals surface area (Å²) in [7, 11) is 0.0118. The summed E-state index contributed by atoms with van der Waals surface area (Å²) in [5, 5.41) is 15.0. The number of hydrogen-bond acceptors (Lipinski definition) is 8. The topological polar surface area (TPSA) is 108 Å². The van der Waals surface area contributed by atoms with Crippen molar-refractivity contribution in [1.29, 1.82) is 5.26 Å². The number of alkyl carbamates (subject to hydrolysis) is 1. The summed E-state index contributed by atoms with van der Waals surface area (Å²) in [6.07, 6.45) is -2.46. The van der Waals surface area contributed by atoms with Crippen LogP contribution in [-0.4, -0.2) is 71.2 Å². The summed E-state index contributed by atoms with van der Waals surface area (Å²) in [6.45, 7) is 15.6. The summed E-state index contributed by atoms with van der Waals surface area (Å²) in [6, 6.07) is 22.8. The van der Waals surface area contributed by atoms with Crippen LogP contribution in [0.3, 0.4) is 0 Å². The number of hydrogen-bond donors (Lipinski definition) is 1. The van der Waals surface area contributed by atoms with Gasteiger partial charge in [-0.25, -0.2) is 4.79 Å². The van der Waals surface area contributed by atoms with Crippen LogP contribution in [0, 0.1) is 17.2 Å². The molecule has 1 heterocycles. The third kappa shape index (κ3) is 7.48. The molecule has 0 unspecified atom stereocenters. The molecule has 0 radical (unpaired) electrons. The van der Waals surface area contributed by atoms with Crippen LogP contribution < -0.4 is 15.7 Å². The third-order valence-electron chi connectivity index (χ3n) is 8.05. The van der Waals surface area contributed by atoms with E-state index < -0.39 is 49.7 Å². The van der Waals surface area contributed by atoms with Gasteiger partial charge in [0.1, 0.15) is 11.7 Å². The molecule has 1 fully saturated rings. The van der Waals surface area contributed by atoms with Gasteiger partial charge in [0.05, 0.1) is 6.07 Å². The molecule has 5 atom stereocenters. The Morgan fingerprint density at radius 1 is 0.930 bits per heavy atom. The Labute approximate surface area is 257 Å². The van der Waals surface area contributed by atoms with Crippen molar-refractivity contribution in [2.24, 2.45) is 5.92 Å². The number of amides is 1. The van der Waals surface area contributed by atoms with Gasteiger partial charge in [0.2, 0.25) is 11.6 Å². The molecule has 0 spiro atoms. The van der Waals surface area contributed by atoms with Crippen molar-refractivity contribution >= 4 is 24.8 Å². The second-order valence-electron chi connectivity index (χ2n) is 13.2. The summed E-state index contributed by atoms with van der Waals surface area (Å²) >= 11 is 0. The molecule has 236 valence electrons. The minimum Gasteiger partial charge on any atom is -0.444 e. The van der Waals surface area contributed by atoms with Gasteiger partial charge in [-0.15, -0.1) is 0 Å². The monoisotopic (exact) mass is 612 g/mol. The number of carbonyl (C=O) groups excluding carboxylic acids is 1. The van der Waals surface area contributed by atoms with Crippen LogP contribution in [0.25, 0.3) is 0 Å². The number of carbonyl (C=O) groups is 1. The van der Waals surface area contributed by atoms with E-state index in [-0.39, 0.29) is 18.2 Å². The van der Waals surface area contributed by atoms with E-state index in [9.17, 15) is 10.1 Å². The van der Waals surface area contributed by atoms with Gasteiger partial charge in [0, 0.05) is 33.3 Å². The SMILES string of the molecule is CO[C@@]1(C)O[C@H]([C@H](CNC(=O)OC(C)(C)C)CO[Si](c2ccccc2)(c2ccccc2)C(C)(C)C)[C@@H](C#N)O[C@]1(C)OC. The first kappa shape index (κ1) is 34.7. The highest BCUT2D eigenvalue weighted by molar-refractivity contribution is 6.99. The highest BCUT2D eigenvalue weighted by Gasteiger charge is 2.59. The molecule has 3 rings (SSSR count). The molecular weight excluding hydrogens is 564 g/mol. The van der Waals surface area contributed by atoms with Crippen LogP contribution in [0.4, 0.5) is 4.79 Å². The zero-order chi connectivity index (χ0) is 32.1. The van der Waals surface area contributed by atoms with E-state index in [1.807, 2.05) is 36.4 Å². The zero-order valence-corrected chi connectivity index (χ0v) is 28.2. The summed E-state index contributed by atoms with van der Waals surface area (Å²) in [5.41, 5.74) is -0.681. The molecule has 1 amide bonds. The van der Waals surface area contributed by atoms with Crippen molar-refractivity contribution in [3.63, 3.8) is 0 Å². The van der Waals surface area contributed by atoms with Crippen molar-refractivity contribution in [2.75, 3.05) is 27.4 Å². The number of benzene rings is 2. The van der Waals surface area contributed by atoms with E-state index in [1.165, 1.54) is 14.2 Å². The molecule has 1 N–H and O–H groups in total. The number of nitriles is 1. The lowest BCUT2D eigenvalue weighted by molar-refractivity contribution is -0.446. The van der Waals surface area contributed by atoms with Gasteiger partial charge < -0.3 is 33.4 Å². The molecule has 0 bridgehead atoms. The van der Waals surface area contributed by atoms with E-state index in [2.05, 4.69) is 56.4 Å². The van der Waals surface area contributed by atoms with Crippen LogP contribution in [0.1, 0.15) is 55.4 Å². The van der Waals surface area contributed by atoms with Gasteiger partial charge in [-0.2, -0.15) is 5.26 Å². The number of nitrogens with zero attached hydrogens (tertiary/aromatic N) is 1. The minimum atomic E-state index is -2.96. The Bertz CT molecular complexity index is 1200. The van der Waals surface area contributed by atoms with Gasteiger partial charge >= 0.3 is 6.09 Å². The largest absolute Gasteiger partial charge is 0.444 e. The lowest BCUT2D eigenvalue weighted by Crippen LogP contribution is -2.69. The average Bonchev–Trinajstić information content (AvgIpc) is 2.95. The molecule has 1 aliphatic heterocycles. The first-order chi connectivity index (χ1) is 20.1. The van der Waals surface area contributed by atoms with Gasteiger partial charge in [0.25, 0.3) is 8.32 Å². The van der Waals surface area contributed by atoms with Crippen molar-refractivity contribution in [2.45, 2.75) is 89.8 Å². The van der Waals surface area contributed by atoms with Crippen LogP contribution >= 0.6 is 0 Å². The smallest absolute Gasteiger partial charge is 0.407 e. The molecule has 0 aliphatic carbocycles. The number of nitrogens with one attached hydrogen (secondary N) is 1. The molecule has 9 nitrogen and oxygen atoms in total. The Morgan fingerprint density at radius 2 is 1.42 bits per heavy atom. The van der Waals surface area contributed by atoms with Gasteiger partial charge in [0.15, 0.2) is 6.10 Å². The molecule has 1 aliphatic rings. The predicted octanol–water partition coefficient (Wildman–Crippen LogP) is 4.74. The van der Waals surface area contributed by atoms with Gasteiger partial charge in [-0.1, -0.05) is 81.4 Å². The number of rotatable bonds is 10. The van der Waals surface area contributed by atoms with Crippen LogP contribution in [-0.2, 0) is 28.1 Å². The molecule has 43 heavy (non-hydrogen) atoms. The highest BCUT2D eigenvalue weighted by Crippen LogP contribution is 2.42. The maximum Gasteiger partial charge on any atom is 0.407 e. The van der Waals surface area contributed by atoms with E-state index in [0.29, 0.717) is 0 Å². The van der Waals surface area contributed by atoms with Crippen LogP contribution in [0.5, 0.6) is 0 Å². The fourth-order valence-corrected chi connectivity index (χ4v) is 10.2. The number of ether oxygens (including phenoxy) is 5. The van der Waals surface area contributed by atoms with Crippen molar-refractivity contribution in [1.82, 2.24) is 5.32 Å². The third-order valence-corrected chi connectivity index (χ3v) is 13.1. The number of methoxy groups -OCH3 is 2. The predicted molar refractivity (Wildman–Crippen MR) is 167 cm³/mol. The molecule has 2 aromatic rings. The van der Waals surface area contributed by atoms with Crippen LogP contribution in [0.15, 0.2) is 60.7 Å². The van der Waals surface area contributed by atoms with E-state index in [4.69, 9.17) is 28.1 Å². The Morgan fingerprint density at radius 3 is 1.84 bits per heavy atom. The molecule has 1 saturated heterocycles. The maximum absolute atomic E-state index is 12.8. The van der Waals surface area contributed by atoms with E-state index >= 15 is 0 Å². The first-order valence-corrected chi connectivity index (χ1v) is 16.5. The lowest BCUT2D eigenvalue weighted by atomic mass is 9.94. The molecule has 10 heteroatoms. The quantitative estimate of drug-likeness (QED) is 0.384. The molecule has 0 aromatic heterocycles. The van der Waals surface area contributed by atoms with Crippen molar-refractivity contribution < 1.29 is 32.9 Å². The standard InChI is InChI=1S/C33H48N2O7Si/c1-30(2,3)42-29(36)35-22-24(28-27(21-34)40-32(7,37-9)33(8,38-10)41-28)23-39-43(31(4,5)6,25-17-13-11-14-18-25)26-19-15-12-16-20-26/h11-20,24,27-28H,22-23H2,1-10H3,(H,35,36)/t24-,27-,28-,32+,33+/m1/s1. The summed E-state index contributed by atoms with van der Waals surface area (Å²) < 4.78 is 36.9. The second-order valence-corrected chi connectivity index (χ2v) is 17.5. The van der Waals surface area contributed by atoms with Crippen LogP contribution in [0.2, 0.25) is 5.04 Å². The van der Waals surface area contributed by atoms with Crippen molar-refractivity contribution in [3.8, 4) is 6.07 Å².